The summed E-state index contributed by atoms with van der Waals surface area (Å²) in [7, 11) is 1.86. The molecule has 8 nitrogen and oxygen atoms in total. The molecule has 1 aliphatic heterocycles. The molecule has 0 aliphatic carbocycles. The second kappa shape index (κ2) is 8.73. The summed E-state index contributed by atoms with van der Waals surface area (Å²) in [6.07, 6.45) is 11.8. The molecule has 0 amide bonds. The van der Waals surface area contributed by atoms with Gasteiger partial charge in [-0.1, -0.05) is 23.4 Å². The molecule has 9 heteroatoms. The van der Waals surface area contributed by atoms with Gasteiger partial charge in [-0.15, -0.1) is 17.5 Å². The van der Waals surface area contributed by atoms with Gasteiger partial charge in [0, 0.05) is 47.9 Å². The molecule has 4 aromatic rings. The first-order chi connectivity index (χ1) is 14.3. The van der Waals surface area contributed by atoms with Gasteiger partial charge in [-0.3, -0.25) is 9.36 Å². The first kappa shape index (κ1) is 20.2. The number of piperidine rings is 1. The summed E-state index contributed by atoms with van der Waals surface area (Å²) in [5.74, 6) is 0.685. The number of halogens is 1. The minimum absolute atomic E-state index is 0. The molecule has 154 valence electrons. The van der Waals surface area contributed by atoms with Crippen molar-refractivity contribution in [1.82, 2.24) is 40.1 Å². The van der Waals surface area contributed by atoms with Gasteiger partial charge in [-0.2, -0.15) is 5.10 Å². The molecule has 3 aromatic heterocycles. The Morgan fingerprint density at radius 2 is 1.70 bits per heavy atom. The maximum absolute atomic E-state index is 4.59. The summed E-state index contributed by atoms with van der Waals surface area (Å²) >= 11 is 0. The van der Waals surface area contributed by atoms with Crippen LogP contribution in [0, 0.1) is 0 Å². The highest BCUT2D eigenvalue weighted by molar-refractivity contribution is 5.85. The van der Waals surface area contributed by atoms with E-state index in [0.717, 1.165) is 53.9 Å². The third kappa shape index (κ3) is 4.10. The fraction of sp³-hybridized carbons (Fsp3) is 0.286. The maximum atomic E-state index is 4.59. The zero-order chi connectivity index (χ0) is 19.6. The molecule has 0 unspecified atom stereocenters. The Hall–Kier alpha value is -3.10. The zero-order valence-corrected chi connectivity index (χ0v) is 17.5. The Labute approximate surface area is 180 Å². The summed E-state index contributed by atoms with van der Waals surface area (Å²) < 4.78 is 3.77. The van der Waals surface area contributed by atoms with Crippen molar-refractivity contribution in [2.75, 3.05) is 13.1 Å². The normalized spacial score (nSPS) is 14.4. The number of aromatic nitrogens is 7. The Kier molecular flexibility index (Phi) is 5.87. The first-order valence-corrected chi connectivity index (χ1v) is 9.81. The van der Waals surface area contributed by atoms with Crippen LogP contribution in [0.25, 0.3) is 33.8 Å². The van der Waals surface area contributed by atoms with Crippen molar-refractivity contribution in [2.24, 2.45) is 7.05 Å². The largest absolute Gasteiger partial charge is 0.317 e. The zero-order valence-electron chi connectivity index (χ0n) is 16.6. The highest BCUT2D eigenvalue weighted by atomic mass is 35.5. The number of nitrogens with zero attached hydrogens (tertiary/aromatic N) is 7. The SMILES string of the molecule is Cl.Cn1cc(-c2cccc(-c3ncc(-c4cnn(C5CCNCC5)c4)cn3)c2)nn1. The quantitative estimate of drug-likeness (QED) is 0.543. The van der Waals surface area contributed by atoms with Gasteiger partial charge in [-0.25, -0.2) is 9.97 Å². The van der Waals surface area contributed by atoms with Gasteiger partial charge < -0.3 is 5.32 Å². The van der Waals surface area contributed by atoms with Crippen LogP contribution < -0.4 is 5.32 Å². The molecule has 5 rings (SSSR count). The molecule has 0 bridgehead atoms. The molecule has 0 atom stereocenters. The predicted molar refractivity (Wildman–Crippen MR) is 117 cm³/mol. The van der Waals surface area contributed by atoms with E-state index >= 15 is 0 Å². The molecule has 1 N–H and O–H groups in total. The van der Waals surface area contributed by atoms with E-state index in [-0.39, 0.29) is 12.4 Å². The van der Waals surface area contributed by atoms with Gasteiger partial charge in [0.1, 0.15) is 5.69 Å². The van der Waals surface area contributed by atoms with Gasteiger partial charge in [-0.05, 0) is 32.0 Å². The topological polar surface area (TPSA) is 86.3 Å². The van der Waals surface area contributed by atoms with Crippen LogP contribution in [0.1, 0.15) is 18.9 Å². The van der Waals surface area contributed by atoms with Crippen molar-refractivity contribution in [3.8, 4) is 33.8 Å². The number of benzene rings is 1. The highest BCUT2D eigenvalue weighted by Gasteiger charge is 2.16. The average molecular weight is 423 g/mol. The van der Waals surface area contributed by atoms with Crippen molar-refractivity contribution in [3.05, 3.63) is 55.2 Å². The van der Waals surface area contributed by atoms with Crippen molar-refractivity contribution >= 4 is 12.4 Å². The van der Waals surface area contributed by atoms with Crippen LogP contribution in [0.2, 0.25) is 0 Å². The molecule has 1 saturated heterocycles. The minimum Gasteiger partial charge on any atom is -0.317 e. The lowest BCUT2D eigenvalue weighted by atomic mass is 10.1. The van der Waals surface area contributed by atoms with Crippen LogP contribution in [-0.4, -0.2) is 47.8 Å². The molecule has 0 spiro atoms. The second-order valence-electron chi connectivity index (χ2n) is 7.34. The Morgan fingerprint density at radius 1 is 0.933 bits per heavy atom. The molecule has 4 heterocycles. The summed E-state index contributed by atoms with van der Waals surface area (Å²) in [5, 5.41) is 16.1. The van der Waals surface area contributed by atoms with Gasteiger partial charge in [0.25, 0.3) is 0 Å². The lowest BCUT2D eigenvalue weighted by molar-refractivity contribution is 0.343. The molecular formula is C21H23ClN8. The molecule has 0 saturated carbocycles. The number of nitrogens with one attached hydrogen (secondary N) is 1. The van der Waals surface area contributed by atoms with Gasteiger partial charge in [0.2, 0.25) is 0 Å². The van der Waals surface area contributed by atoms with E-state index in [0.29, 0.717) is 11.9 Å². The lowest BCUT2D eigenvalue weighted by Crippen LogP contribution is -2.29. The average Bonchev–Trinajstić information content (AvgIpc) is 3.44. The molecule has 30 heavy (non-hydrogen) atoms. The van der Waals surface area contributed by atoms with Gasteiger partial charge >= 0.3 is 0 Å². The number of rotatable bonds is 4. The van der Waals surface area contributed by atoms with E-state index in [1.807, 2.05) is 56.1 Å². The molecule has 1 aromatic carbocycles. The van der Waals surface area contributed by atoms with Crippen LogP contribution in [0.4, 0.5) is 0 Å². The Balaban J connectivity index is 0.00000218. The van der Waals surface area contributed by atoms with Crippen LogP contribution in [0.15, 0.2) is 55.2 Å². The molecule has 1 fully saturated rings. The number of hydrogen-bond donors (Lipinski definition) is 1. The van der Waals surface area contributed by atoms with Gasteiger partial charge in [0.15, 0.2) is 5.82 Å². The summed E-state index contributed by atoms with van der Waals surface area (Å²) in [6, 6.07) is 8.50. The number of hydrogen-bond acceptors (Lipinski definition) is 6. The molecule has 1 aliphatic rings. The van der Waals surface area contributed by atoms with Crippen molar-refractivity contribution in [2.45, 2.75) is 18.9 Å². The van der Waals surface area contributed by atoms with Crippen LogP contribution in [0.3, 0.4) is 0 Å². The highest BCUT2D eigenvalue weighted by Crippen LogP contribution is 2.25. The van der Waals surface area contributed by atoms with E-state index in [9.17, 15) is 0 Å². The van der Waals surface area contributed by atoms with Crippen molar-refractivity contribution in [1.29, 1.82) is 0 Å². The smallest absolute Gasteiger partial charge is 0.159 e. The van der Waals surface area contributed by atoms with E-state index in [2.05, 4.69) is 41.6 Å². The predicted octanol–water partition coefficient (Wildman–Crippen LogP) is 3.15. The third-order valence-corrected chi connectivity index (χ3v) is 5.29. The summed E-state index contributed by atoms with van der Waals surface area (Å²) in [6.45, 7) is 2.09. The summed E-state index contributed by atoms with van der Waals surface area (Å²) in [5.41, 5.74) is 4.79. The van der Waals surface area contributed by atoms with Crippen LogP contribution in [0.5, 0.6) is 0 Å². The number of aryl methyl sites for hydroxylation is 1. The van der Waals surface area contributed by atoms with E-state index in [1.165, 1.54) is 0 Å². The Bertz CT molecular complexity index is 1110. The summed E-state index contributed by atoms with van der Waals surface area (Å²) in [4.78, 5) is 9.18. The first-order valence-electron chi connectivity index (χ1n) is 9.81. The maximum Gasteiger partial charge on any atom is 0.159 e. The van der Waals surface area contributed by atoms with Crippen LogP contribution >= 0.6 is 12.4 Å². The fourth-order valence-electron chi connectivity index (χ4n) is 3.68. The molecular weight excluding hydrogens is 400 g/mol. The van der Waals surface area contributed by atoms with Crippen molar-refractivity contribution in [3.63, 3.8) is 0 Å². The molecule has 0 radical (unpaired) electrons. The van der Waals surface area contributed by atoms with E-state index in [4.69, 9.17) is 0 Å². The minimum atomic E-state index is 0. The standard InChI is InChI=1S/C21H22N8.ClH/c1-28-14-20(26-27-28)15-3-2-4-16(9-15)21-23-10-17(11-24-21)18-12-25-29(13-18)19-5-7-22-8-6-19;/h2-4,9-14,19,22H,5-8H2,1H3;1H. The van der Waals surface area contributed by atoms with E-state index < -0.39 is 0 Å². The van der Waals surface area contributed by atoms with Crippen molar-refractivity contribution < 1.29 is 0 Å². The monoisotopic (exact) mass is 422 g/mol. The fourth-order valence-corrected chi connectivity index (χ4v) is 3.68. The van der Waals surface area contributed by atoms with E-state index in [1.54, 1.807) is 4.68 Å². The lowest BCUT2D eigenvalue weighted by Gasteiger charge is -2.22. The van der Waals surface area contributed by atoms with Crippen LogP contribution in [-0.2, 0) is 7.05 Å². The second-order valence-corrected chi connectivity index (χ2v) is 7.34. The third-order valence-electron chi connectivity index (χ3n) is 5.29. The van der Waals surface area contributed by atoms with Gasteiger partial charge in [0.05, 0.1) is 18.4 Å². The Morgan fingerprint density at radius 3 is 2.43 bits per heavy atom.